The molecule has 0 aliphatic carbocycles. The standard InChI is InChI=1S/C12H8F2IN3O3/c1-21-9-8(12(19)20)17-11(18-10(9)16)4-2-3-5(15)7(14)6(4)13/h2-3H,1H3,(H,19,20)(H2,16,17,18). The Morgan fingerprint density at radius 3 is 2.57 bits per heavy atom. The van der Waals surface area contributed by atoms with Crippen molar-refractivity contribution in [2.24, 2.45) is 0 Å². The number of ether oxygens (including phenoxy) is 1. The maximum Gasteiger partial charge on any atom is 0.358 e. The lowest BCUT2D eigenvalue weighted by molar-refractivity contribution is 0.0686. The summed E-state index contributed by atoms with van der Waals surface area (Å²) in [5.74, 6) is -4.52. The average molecular weight is 407 g/mol. The molecule has 0 bridgehead atoms. The fourth-order valence-corrected chi connectivity index (χ4v) is 2.05. The fraction of sp³-hybridized carbons (Fsp3) is 0.0833. The molecule has 0 spiro atoms. The Labute approximate surface area is 131 Å². The van der Waals surface area contributed by atoms with Gasteiger partial charge in [0.2, 0.25) is 0 Å². The molecule has 1 aromatic heterocycles. The molecule has 110 valence electrons. The van der Waals surface area contributed by atoms with Gasteiger partial charge in [0.25, 0.3) is 0 Å². The lowest BCUT2D eigenvalue weighted by atomic mass is 10.2. The maximum atomic E-state index is 13.9. The van der Waals surface area contributed by atoms with Crippen molar-refractivity contribution in [2.75, 3.05) is 12.8 Å². The Morgan fingerprint density at radius 2 is 2.00 bits per heavy atom. The van der Waals surface area contributed by atoms with Crippen LogP contribution in [-0.4, -0.2) is 28.2 Å². The summed E-state index contributed by atoms with van der Waals surface area (Å²) in [7, 11) is 1.20. The first-order chi connectivity index (χ1) is 9.86. The van der Waals surface area contributed by atoms with Crippen LogP contribution in [0.2, 0.25) is 0 Å². The van der Waals surface area contributed by atoms with Crippen LogP contribution in [0.3, 0.4) is 0 Å². The molecule has 0 atom stereocenters. The number of halogens is 3. The van der Waals surface area contributed by atoms with E-state index in [0.29, 0.717) is 0 Å². The first-order valence-electron chi connectivity index (χ1n) is 5.45. The van der Waals surface area contributed by atoms with Crippen molar-refractivity contribution in [2.45, 2.75) is 0 Å². The van der Waals surface area contributed by atoms with Crippen molar-refractivity contribution in [3.8, 4) is 17.1 Å². The van der Waals surface area contributed by atoms with Crippen LogP contribution in [0.25, 0.3) is 11.4 Å². The van der Waals surface area contributed by atoms with Crippen molar-refractivity contribution in [3.05, 3.63) is 33.0 Å². The molecule has 0 saturated heterocycles. The quantitative estimate of drug-likeness (QED) is 0.599. The number of aromatic nitrogens is 2. The van der Waals surface area contributed by atoms with Crippen LogP contribution in [0.1, 0.15) is 10.5 Å². The molecule has 2 aromatic rings. The highest BCUT2D eigenvalue weighted by atomic mass is 127. The largest absolute Gasteiger partial charge is 0.491 e. The predicted molar refractivity (Wildman–Crippen MR) is 78.0 cm³/mol. The van der Waals surface area contributed by atoms with Gasteiger partial charge in [-0.05, 0) is 34.7 Å². The van der Waals surface area contributed by atoms with Crippen molar-refractivity contribution in [3.63, 3.8) is 0 Å². The summed E-state index contributed by atoms with van der Waals surface area (Å²) in [6, 6.07) is 2.56. The minimum atomic E-state index is -1.42. The first kappa shape index (κ1) is 15.4. The van der Waals surface area contributed by atoms with Crippen LogP contribution in [0.4, 0.5) is 14.6 Å². The Balaban J connectivity index is 2.71. The molecule has 0 fully saturated rings. The molecular weight excluding hydrogens is 399 g/mol. The van der Waals surface area contributed by atoms with E-state index in [1.807, 2.05) is 0 Å². The number of hydrogen-bond donors (Lipinski definition) is 2. The van der Waals surface area contributed by atoms with E-state index >= 15 is 0 Å². The van der Waals surface area contributed by atoms with Crippen LogP contribution in [0, 0.1) is 15.2 Å². The van der Waals surface area contributed by atoms with E-state index in [0.717, 1.165) is 0 Å². The zero-order chi connectivity index (χ0) is 15.7. The summed E-state index contributed by atoms with van der Waals surface area (Å²) in [6.07, 6.45) is 0. The topological polar surface area (TPSA) is 98.3 Å². The third kappa shape index (κ3) is 2.73. The number of benzene rings is 1. The predicted octanol–water partition coefficient (Wildman–Crippen LogP) is 2.32. The smallest absolute Gasteiger partial charge is 0.358 e. The number of carboxylic acids is 1. The number of carbonyl (C=O) groups is 1. The number of carboxylic acid groups (broad SMARTS) is 1. The highest BCUT2D eigenvalue weighted by Crippen LogP contribution is 2.29. The average Bonchev–Trinajstić information content (AvgIpc) is 2.44. The van der Waals surface area contributed by atoms with Gasteiger partial charge in [-0.25, -0.2) is 23.5 Å². The molecule has 1 aromatic carbocycles. The molecule has 3 N–H and O–H groups in total. The molecule has 2 rings (SSSR count). The number of nitrogens with two attached hydrogens (primary N) is 1. The first-order valence-corrected chi connectivity index (χ1v) is 6.53. The van der Waals surface area contributed by atoms with Gasteiger partial charge in [0.1, 0.15) is 0 Å². The van der Waals surface area contributed by atoms with Crippen molar-refractivity contribution in [1.29, 1.82) is 0 Å². The van der Waals surface area contributed by atoms with Crippen LogP contribution in [0.15, 0.2) is 12.1 Å². The number of nitrogens with zero attached hydrogens (tertiary/aromatic N) is 2. The van der Waals surface area contributed by atoms with Crippen molar-refractivity contribution < 1.29 is 23.4 Å². The minimum absolute atomic E-state index is 0.0776. The SMILES string of the molecule is COc1c(N)nc(-c2ccc(I)c(F)c2F)nc1C(=O)O. The molecule has 0 radical (unpaired) electrons. The van der Waals surface area contributed by atoms with E-state index in [-0.39, 0.29) is 26.5 Å². The molecule has 0 amide bonds. The normalized spacial score (nSPS) is 10.5. The summed E-state index contributed by atoms with van der Waals surface area (Å²) in [5.41, 5.74) is 4.75. The summed E-state index contributed by atoms with van der Waals surface area (Å²) in [6.45, 7) is 0. The van der Waals surface area contributed by atoms with E-state index in [9.17, 15) is 13.6 Å². The Hall–Kier alpha value is -2.04. The molecule has 0 saturated carbocycles. The highest BCUT2D eigenvalue weighted by Gasteiger charge is 2.22. The number of methoxy groups -OCH3 is 1. The van der Waals surface area contributed by atoms with Crippen LogP contribution in [-0.2, 0) is 0 Å². The lowest BCUT2D eigenvalue weighted by Crippen LogP contribution is -2.10. The second-order valence-corrected chi connectivity index (χ2v) is 5.00. The van der Waals surface area contributed by atoms with Gasteiger partial charge in [0.05, 0.1) is 16.2 Å². The number of rotatable bonds is 3. The highest BCUT2D eigenvalue weighted by molar-refractivity contribution is 14.1. The van der Waals surface area contributed by atoms with Crippen LogP contribution in [0.5, 0.6) is 5.75 Å². The zero-order valence-corrected chi connectivity index (χ0v) is 12.7. The second kappa shape index (κ2) is 5.76. The number of nitrogen functional groups attached to an aromatic ring is 1. The number of aromatic carboxylic acids is 1. The minimum Gasteiger partial charge on any atom is -0.491 e. The zero-order valence-electron chi connectivity index (χ0n) is 10.5. The second-order valence-electron chi connectivity index (χ2n) is 3.84. The third-order valence-corrected chi connectivity index (χ3v) is 3.41. The van der Waals surface area contributed by atoms with Gasteiger partial charge in [0, 0.05) is 0 Å². The fourth-order valence-electron chi connectivity index (χ4n) is 1.63. The maximum absolute atomic E-state index is 13.9. The van der Waals surface area contributed by atoms with Gasteiger partial charge >= 0.3 is 5.97 Å². The summed E-state index contributed by atoms with van der Waals surface area (Å²) >= 11 is 1.63. The van der Waals surface area contributed by atoms with Crippen LogP contribution >= 0.6 is 22.6 Å². The molecular formula is C12H8F2IN3O3. The monoisotopic (exact) mass is 407 g/mol. The van der Waals surface area contributed by atoms with E-state index < -0.39 is 23.3 Å². The molecule has 6 nitrogen and oxygen atoms in total. The molecule has 9 heteroatoms. The van der Waals surface area contributed by atoms with Gasteiger partial charge in [-0.15, -0.1) is 0 Å². The number of anilines is 1. The van der Waals surface area contributed by atoms with Gasteiger partial charge < -0.3 is 15.6 Å². The Morgan fingerprint density at radius 1 is 1.33 bits per heavy atom. The van der Waals surface area contributed by atoms with Gasteiger partial charge in [-0.1, -0.05) is 0 Å². The summed E-state index contributed by atoms with van der Waals surface area (Å²) in [5, 5.41) is 9.07. The summed E-state index contributed by atoms with van der Waals surface area (Å²) < 4.78 is 32.4. The van der Waals surface area contributed by atoms with E-state index in [1.54, 1.807) is 22.6 Å². The van der Waals surface area contributed by atoms with E-state index in [4.69, 9.17) is 15.6 Å². The van der Waals surface area contributed by atoms with Crippen molar-refractivity contribution in [1.82, 2.24) is 9.97 Å². The van der Waals surface area contributed by atoms with Gasteiger partial charge in [-0.2, -0.15) is 0 Å². The van der Waals surface area contributed by atoms with Gasteiger partial charge in [-0.3, -0.25) is 0 Å². The number of hydrogen-bond acceptors (Lipinski definition) is 5. The van der Waals surface area contributed by atoms with Crippen molar-refractivity contribution >= 4 is 34.4 Å². The molecule has 0 unspecified atom stereocenters. The van der Waals surface area contributed by atoms with Gasteiger partial charge in [0.15, 0.2) is 34.7 Å². The Bertz CT molecular complexity index is 740. The summed E-state index contributed by atoms with van der Waals surface area (Å²) in [4.78, 5) is 18.6. The molecule has 21 heavy (non-hydrogen) atoms. The van der Waals surface area contributed by atoms with Crippen LogP contribution < -0.4 is 10.5 Å². The molecule has 0 aliphatic heterocycles. The van der Waals surface area contributed by atoms with E-state index in [2.05, 4.69) is 9.97 Å². The third-order valence-electron chi connectivity index (χ3n) is 2.57. The lowest BCUT2D eigenvalue weighted by Gasteiger charge is -2.10. The van der Waals surface area contributed by atoms with E-state index in [1.165, 1.54) is 19.2 Å². The molecule has 0 aliphatic rings. The molecule has 1 heterocycles. The Kier molecular flexibility index (Phi) is 4.21.